The van der Waals surface area contributed by atoms with Gasteiger partial charge in [-0.15, -0.1) is 0 Å². The topological polar surface area (TPSA) is 127 Å². The lowest BCUT2D eigenvalue weighted by Gasteiger charge is -2.33. The SMILES string of the molecule is CC(C)(C)N(CCn1ccc2ncnc(Nc3ccc(Oc4cccc(S(=O)(=O)CC5CC5)c4)c(Cl)c3)c21)C(=O)O. The Morgan fingerprint density at radius 3 is 2.63 bits per heavy atom. The summed E-state index contributed by atoms with van der Waals surface area (Å²) >= 11 is 6.56. The summed E-state index contributed by atoms with van der Waals surface area (Å²) in [6.07, 6.45) is 4.25. The summed E-state index contributed by atoms with van der Waals surface area (Å²) in [4.78, 5) is 22.2. The van der Waals surface area contributed by atoms with Gasteiger partial charge in [-0.05, 0) is 82.0 Å². The lowest BCUT2D eigenvalue weighted by molar-refractivity contribution is 0.0981. The van der Waals surface area contributed by atoms with Crippen LogP contribution < -0.4 is 10.1 Å². The molecule has 5 rings (SSSR count). The first kappa shape index (κ1) is 28.7. The minimum Gasteiger partial charge on any atom is -0.465 e. The van der Waals surface area contributed by atoms with Gasteiger partial charge in [-0.2, -0.15) is 0 Å². The maximum absolute atomic E-state index is 12.7. The monoisotopic (exact) mass is 597 g/mol. The Hall–Kier alpha value is -3.83. The van der Waals surface area contributed by atoms with E-state index >= 15 is 0 Å². The summed E-state index contributed by atoms with van der Waals surface area (Å²) in [6.45, 7) is 6.28. The largest absolute Gasteiger partial charge is 0.465 e. The van der Waals surface area contributed by atoms with Crippen LogP contribution in [0.25, 0.3) is 11.0 Å². The minimum atomic E-state index is -3.37. The zero-order chi connectivity index (χ0) is 29.4. The number of ether oxygens (including phenoxy) is 1. The molecule has 0 atom stereocenters. The number of hydrogen-bond donors (Lipinski definition) is 2. The van der Waals surface area contributed by atoms with Gasteiger partial charge in [0.25, 0.3) is 0 Å². The molecule has 0 spiro atoms. The van der Waals surface area contributed by atoms with Gasteiger partial charge < -0.3 is 24.6 Å². The molecule has 1 aliphatic carbocycles. The highest BCUT2D eigenvalue weighted by Crippen LogP contribution is 2.36. The van der Waals surface area contributed by atoms with E-state index in [0.29, 0.717) is 40.1 Å². The number of carboxylic acid groups (broad SMARTS) is 1. The number of anilines is 2. The second-order valence-electron chi connectivity index (χ2n) is 11.1. The summed E-state index contributed by atoms with van der Waals surface area (Å²) in [5.74, 6) is 1.70. The van der Waals surface area contributed by atoms with Crippen molar-refractivity contribution in [2.75, 3.05) is 17.6 Å². The summed E-state index contributed by atoms with van der Waals surface area (Å²) in [5, 5.41) is 13.3. The third-order valence-electron chi connectivity index (χ3n) is 6.89. The zero-order valence-corrected chi connectivity index (χ0v) is 24.6. The summed E-state index contributed by atoms with van der Waals surface area (Å²) < 4.78 is 33.2. The number of sulfone groups is 1. The Kier molecular flexibility index (Phi) is 7.85. The molecular formula is C29H32ClN5O5S. The lowest BCUT2D eigenvalue weighted by atomic mass is 10.1. The summed E-state index contributed by atoms with van der Waals surface area (Å²) in [7, 11) is -3.37. The molecular weight excluding hydrogens is 566 g/mol. The maximum atomic E-state index is 12.7. The second-order valence-corrected chi connectivity index (χ2v) is 13.6. The molecule has 1 aliphatic rings. The Morgan fingerprint density at radius 2 is 1.95 bits per heavy atom. The van der Waals surface area contributed by atoms with E-state index in [1.807, 2.05) is 37.6 Å². The van der Waals surface area contributed by atoms with Gasteiger partial charge in [0.05, 0.1) is 21.2 Å². The van der Waals surface area contributed by atoms with Gasteiger partial charge in [-0.3, -0.25) is 0 Å². The molecule has 4 aromatic rings. The van der Waals surface area contributed by atoms with E-state index < -0.39 is 21.5 Å². The number of benzene rings is 2. The molecule has 12 heteroatoms. The molecule has 0 aliphatic heterocycles. The van der Waals surface area contributed by atoms with Crippen LogP contribution in [0.1, 0.15) is 33.6 Å². The molecule has 1 amide bonds. The van der Waals surface area contributed by atoms with Crippen LogP contribution in [0.2, 0.25) is 5.02 Å². The molecule has 41 heavy (non-hydrogen) atoms. The van der Waals surface area contributed by atoms with E-state index in [4.69, 9.17) is 16.3 Å². The van der Waals surface area contributed by atoms with Crippen LogP contribution >= 0.6 is 11.6 Å². The smallest absolute Gasteiger partial charge is 0.407 e. The minimum absolute atomic E-state index is 0.158. The van der Waals surface area contributed by atoms with Crippen molar-refractivity contribution in [1.29, 1.82) is 0 Å². The first-order valence-electron chi connectivity index (χ1n) is 13.3. The highest BCUT2D eigenvalue weighted by Gasteiger charge is 2.29. The molecule has 1 saturated carbocycles. The van der Waals surface area contributed by atoms with Crippen molar-refractivity contribution < 1.29 is 23.1 Å². The van der Waals surface area contributed by atoms with Crippen LogP contribution in [-0.4, -0.2) is 56.9 Å². The van der Waals surface area contributed by atoms with Gasteiger partial charge >= 0.3 is 6.09 Å². The molecule has 2 aromatic heterocycles. The maximum Gasteiger partial charge on any atom is 0.407 e. The van der Waals surface area contributed by atoms with E-state index in [2.05, 4.69) is 15.3 Å². The molecule has 1 fully saturated rings. The van der Waals surface area contributed by atoms with Crippen LogP contribution in [0.4, 0.5) is 16.3 Å². The highest BCUT2D eigenvalue weighted by molar-refractivity contribution is 7.91. The normalized spacial score (nSPS) is 13.8. The van der Waals surface area contributed by atoms with Gasteiger partial charge in [-0.25, -0.2) is 23.2 Å². The lowest BCUT2D eigenvalue weighted by Crippen LogP contribution is -2.46. The van der Waals surface area contributed by atoms with E-state index in [0.717, 1.165) is 18.4 Å². The van der Waals surface area contributed by atoms with Gasteiger partial charge in [0.15, 0.2) is 15.7 Å². The predicted octanol–water partition coefficient (Wildman–Crippen LogP) is 6.58. The van der Waals surface area contributed by atoms with Crippen molar-refractivity contribution in [3.05, 3.63) is 66.1 Å². The van der Waals surface area contributed by atoms with E-state index in [1.165, 1.54) is 17.3 Å². The molecule has 0 saturated heterocycles. The zero-order valence-electron chi connectivity index (χ0n) is 23.0. The van der Waals surface area contributed by atoms with Crippen molar-refractivity contribution in [3.63, 3.8) is 0 Å². The number of halogens is 1. The van der Waals surface area contributed by atoms with Crippen molar-refractivity contribution in [2.45, 2.75) is 50.6 Å². The van der Waals surface area contributed by atoms with Gasteiger partial charge in [-0.1, -0.05) is 17.7 Å². The first-order chi connectivity index (χ1) is 19.4. The van der Waals surface area contributed by atoms with E-state index in [-0.39, 0.29) is 23.1 Å². The standard InChI is InChI=1S/C29H32ClN5O5S/c1-29(2,3)35(28(36)37)14-13-34-12-11-24-26(34)27(32-18-31-24)33-20-9-10-25(23(30)15-20)40-21-5-4-6-22(16-21)41(38,39)17-19-7-8-19/h4-6,9-12,15-16,18-19H,7-8,13-14,17H2,1-3H3,(H,36,37)(H,31,32,33). The van der Waals surface area contributed by atoms with Gasteiger partial charge in [0.2, 0.25) is 0 Å². The summed E-state index contributed by atoms with van der Waals surface area (Å²) in [5.41, 5.74) is 1.55. The van der Waals surface area contributed by atoms with Crippen molar-refractivity contribution in [1.82, 2.24) is 19.4 Å². The number of fused-ring (bicyclic) bond motifs is 1. The van der Waals surface area contributed by atoms with Crippen LogP contribution in [0.15, 0.2) is 66.0 Å². The Morgan fingerprint density at radius 1 is 1.17 bits per heavy atom. The van der Waals surface area contributed by atoms with Crippen molar-refractivity contribution in [3.8, 4) is 11.5 Å². The number of amides is 1. The third-order valence-corrected chi connectivity index (χ3v) is 9.07. The molecule has 2 N–H and O–H groups in total. The number of carbonyl (C=O) groups is 1. The molecule has 216 valence electrons. The Balaban J connectivity index is 1.33. The van der Waals surface area contributed by atoms with Crippen molar-refractivity contribution >= 4 is 50.1 Å². The average molecular weight is 598 g/mol. The van der Waals surface area contributed by atoms with Crippen LogP contribution in [0.5, 0.6) is 11.5 Å². The van der Waals surface area contributed by atoms with E-state index in [1.54, 1.807) is 36.4 Å². The van der Waals surface area contributed by atoms with Crippen molar-refractivity contribution in [2.24, 2.45) is 5.92 Å². The number of aromatic nitrogens is 3. The number of nitrogens with one attached hydrogen (secondary N) is 1. The number of hydrogen-bond acceptors (Lipinski definition) is 7. The molecule has 0 bridgehead atoms. The fourth-order valence-electron chi connectivity index (χ4n) is 4.58. The number of rotatable bonds is 10. The quantitative estimate of drug-likeness (QED) is 0.210. The first-order valence-corrected chi connectivity index (χ1v) is 15.3. The highest BCUT2D eigenvalue weighted by atomic mass is 35.5. The third kappa shape index (κ3) is 6.74. The number of nitrogens with zero attached hydrogens (tertiary/aromatic N) is 4. The predicted molar refractivity (Wildman–Crippen MR) is 158 cm³/mol. The Labute approximate surface area is 243 Å². The van der Waals surface area contributed by atoms with E-state index in [9.17, 15) is 18.3 Å². The average Bonchev–Trinajstić information content (AvgIpc) is 3.60. The van der Waals surface area contributed by atoms with Crippen LogP contribution in [-0.2, 0) is 16.4 Å². The molecule has 10 nitrogen and oxygen atoms in total. The molecule has 0 radical (unpaired) electrons. The molecule has 2 heterocycles. The van der Waals surface area contributed by atoms with Crippen LogP contribution in [0.3, 0.4) is 0 Å². The Bertz CT molecular complexity index is 1700. The van der Waals surface area contributed by atoms with Crippen LogP contribution in [0, 0.1) is 5.92 Å². The fraction of sp³-hybridized carbons (Fsp3) is 0.345. The van der Waals surface area contributed by atoms with Gasteiger partial charge in [0, 0.05) is 30.5 Å². The molecule has 2 aromatic carbocycles. The molecule has 0 unspecified atom stereocenters. The summed E-state index contributed by atoms with van der Waals surface area (Å²) in [6, 6.07) is 13.5. The second kappa shape index (κ2) is 11.2. The fourth-order valence-corrected chi connectivity index (χ4v) is 6.53. The van der Waals surface area contributed by atoms with Gasteiger partial charge in [0.1, 0.15) is 23.3 Å².